The summed E-state index contributed by atoms with van der Waals surface area (Å²) in [4.78, 5) is 48.2. The first-order chi connectivity index (χ1) is 13.7. The minimum Gasteiger partial charge on any atom is -0.449 e. The molecular formula is C21H16ClNO6. The summed E-state index contributed by atoms with van der Waals surface area (Å²) in [5.74, 6) is -2.04. The topological polar surface area (TPSA) is 103 Å². The van der Waals surface area contributed by atoms with E-state index in [2.05, 4.69) is 5.32 Å². The Morgan fingerprint density at radius 2 is 1.86 bits per heavy atom. The summed E-state index contributed by atoms with van der Waals surface area (Å²) in [7, 11) is 0. The highest BCUT2D eigenvalue weighted by molar-refractivity contribution is 6.31. The molecule has 1 amide bonds. The van der Waals surface area contributed by atoms with Crippen molar-refractivity contribution in [1.29, 1.82) is 0 Å². The highest BCUT2D eigenvalue weighted by Crippen LogP contribution is 2.18. The Morgan fingerprint density at radius 3 is 2.59 bits per heavy atom. The number of anilines is 1. The van der Waals surface area contributed by atoms with E-state index in [1.807, 2.05) is 0 Å². The molecule has 0 spiro atoms. The molecule has 3 aromatic rings. The van der Waals surface area contributed by atoms with Crippen LogP contribution in [0, 0.1) is 0 Å². The summed E-state index contributed by atoms with van der Waals surface area (Å²) in [6.45, 7) is 2.79. The van der Waals surface area contributed by atoms with Crippen LogP contribution in [0.5, 0.6) is 0 Å². The van der Waals surface area contributed by atoms with Crippen LogP contribution in [0.25, 0.3) is 11.0 Å². The zero-order valence-corrected chi connectivity index (χ0v) is 16.3. The van der Waals surface area contributed by atoms with Gasteiger partial charge < -0.3 is 14.5 Å². The third-order valence-corrected chi connectivity index (χ3v) is 4.32. The van der Waals surface area contributed by atoms with E-state index in [9.17, 15) is 19.2 Å². The molecule has 0 saturated carbocycles. The highest BCUT2D eigenvalue weighted by Gasteiger charge is 2.22. The van der Waals surface area contributed by atoms with Crippen LogP contribution >= 0.6 is 11.6 Å². The van der Waals surface area contributed by atoms with E-state index in [0.29, 0.717) is 16.3 Å². The van der Waals surface area contributed by atoms with Crippen LogP contribution in [0.4, 0.5) is 5.69 Å². The molecule has 0 aliphatic heterocycles. The number of carbonyl (C=O) groups excluding carboxylic acids is 3. The third kappa shape index (κ3) is 4.70. The molecule has 0 unspecified atom stereocenters. The number of ether oxygens (including phenoxy) is 1. The fourth-order valence-corrected chi connectivity index (χ4v) is 2.73. The molecule has 1 aromatic heterocycles. The smallest absolute Gasteiger partial charge is 0.375 e. The molecule has 148 valence electrons. The fourth-order valence-electron chi connectivity index (χ4n) is 2.56. The maximum Gasteiger partial charge on any atom is 0.375 e. The minimum atomic E-state index is -1.17. The van der Waals surface area contributed by atoms with Gasteiger partial charge in [-0.25, -0.2) is 4.79 Å². The largest absolute Gasteiger partial charge is 0.449 e. The first kappa shape index (κ1) is 20.3. The zero-order chi connectivity index (χ0) is 21.1. The van der Waals surface area contributed by atoms with Gasteiger partial charge in [0.05, 0.1) is 5.39 Å². The Morgan fingerprint density at radius 1 is 1.10 bits per heavy atom. The van der Waals surface area contributed by atoms with Gasteiger partial charge in [0.1, 0.15) is 5.58 Å². The Kier molecular flexibility index (Phi) is 5.79. The lowest BCUT2D eigenvalue weighted by Gasteiger charge is -2.13. The van der Waals surface area contributed by atoms with Gasteiger partial charge in [0.15, 0.2) is 17.3 Å². The second kappa shape index (κ2) is 8.28. The normalized spacial score (nSPS) is 11.7. The van der Waals surface area contributed by atoms with Crippen LogP contribution in [0.3, 0.4) is 0 Å². The molecule has 0 aliphatic rings. The second-order valence-corrected chi connectivity index (χ2v) is 6.73. The number of esters is 1. The lowest BCUT2D eigenvalue weighted by Crippen LogP contribution is -2.30. The maximum atomic E-state index is 12.3. The lowest BCUT2D eigenvalue weighted by molar-refractivity contribution is -0.123. The van der Waals surface area contributed by atoms with Crippen molar-refractivity contribution in [3.63, 3.8) is 0 Å². The van der Waals surface area contributed by atoms with E-state index >= 15 is 0 Å². The molecule has 1 atom stereocenters. The zero-order valence-electron chi connectivity index (χ0n) is 15.5. The van der Waals surface area contributed by atoms with Crippen LogP contribution in [0.1, 0.15) is 34.8 Å². The second-order valence-electron chi connectivity index (χ2n) is 6.29. The third-order valence-electron chi connectivity index (χ3n) is 4.08. The number of ketones is 1. The van der Waals surface area contributed by atoms with Crippen LogP contribution < -0.4 is 10.7 Å². The van der Waals surface area contributed by atoms with Crippen molar-refractivity contribution in [1.82, 2.24) is 0 Å². The van der Waals surface area contributed by atoms with Crippen molar-refractivity contribution in [2.45, 2.75) is 20.0 Å². The molecule has 7 nitrogen and oxygen atoms in total. The van der Waals surface area contributed by atoms with Gasteiger partial charge in [-0.2, -0.15) is 0 Å². The highest BCUT2D eigenvalue weighted by atomic mass is 35.5. The van der Waals surface area contributed by atoms with Crippen molar-refractivity contribution in [2.75, 3.05) is 5.32 Å². The summed E-state index contributed by atoms with van der Waals surface area (Å²) < 4.78 is 10.5. The Balaban J connectivity index is 1.73. The molecule has 1 N–H and O–H groups in total. The van der Waals surface area contributed by atoms with Gasteiger partial charge in [0, 0.05) is 22.3 Å². The van der Waals surface area contributed by atoms with Crippen molar-refractivity contribution >= 4 is 45.9 Å². The summed E-state index contributed by atoms with van der Waals surface area (Å²) in [6.07, 6.45) is -1.17. The SMILES string of the molecule is CC(=O)c1cccc(NC(=O)[C@@H](C)OC(=O)c2cc(=O)c3cc(Cl)ccc3o2)c1. The standard InChI is InChI=1S/C21H16ClNO6/c1-11(24)13-4-3-5-15(8-13)23-20(26)12(2)28-21(27)19-10-17(25)16-9-14(22)6-7-18(16)29-19/h3-10,12H,1-2H3,(H,23,26)/t12-/m1/s1. The van der Waals surface area contributed by atoms with Crippen LogP contribution in [-0.2, 0) is 9.53 Å². The number of rotatable bonds is 5. The van der Waals surface area contributed by atoms with E-state index in [0.717, 1.165) is 6.07 Å². The van der Waals surface area contributed by atoms with Crippen LogP contribution in [-0.4, -0.2) is 23.8 Å². The van der Waals surface area contributed by atoms with Crippen molar-refractivity contribution in [3.05, 3.63) is 75.1 Å². The van der Waals surface area contributed by atoms with Gasteiger partial charge in [0.25, 0.3) is 5.91 Å². The van der Waals surface area contributed by atoms with Gasteiger partial charge in [0.2, 0.25) is 5.76 Å². The van der Waals surface area contributed by atoms with Crippen LogP contribution in [0.15, 0.2) is 57.7 Å². The van der Waals surface area contributed by atoms with Gasteiger partial charge in [-0.05, 0) is 44.2 Å². The molecule has 0 saturated heterocycles. The molecular weight excluding hydrogens is 398 g/mol. The predicted octanol–water partition coefficient (Wildman–Crippen LogP) is 3.83. The summed E-state index contributed by atoms with van der Waals surface area (Å²) in [5.41, 5.74) is 0.538. The number of halogens is 1. The Bertz CT molecular complexity index is 1180. The molecule has 2 aromatic carbocycles. The number of hydrogen-bond donors (Lipinski definition) is 1. The fraction of sp³-hybridized carbons (Fsp3) is 0.143. The van der Waals surface area contributed by atoms with Crippen molar-refractivity contribution in [3.8, 4) is 0 Å². The van der Waals surface area contributed by atoms with E-state index in [-0.39, 0.29) is 22.5 Å². The molecule has 3 rings (SSSR count). The Hall–Kier alpha value is -3.45. The van der Waals surface area contributed by atoms with Gasteiger partial charge >= 0.3 is 5.97 Å². The summed E-state index contributed by atoms with van der Waals surface area (Å²) in [5, 5.41) is 3.15. The molecule has 0 fully saturated rings. The number of carbonyl (C=O) groups is 3. The molecule has 0 bridgehead atoms. The van der Waals surface area contributed by atoms with Crippen LogP contribution in [0.2, 0.25) is 5.02 Å². The lowest BCUT2D eigenvalue weighted by atomic mass is 10.1. The van der Waals surface area contributed by atoms with E-state index < -0.39 is 23.4 Å². The number of fused-ring (bicyclic) bond motifs is 1. The number of Topliss-reactive ketones (excluding diaryl/α,β-unsaturated/α-hetero) is 1. The molecule has 0 radical (unpaired) electrons. The predicted molar refractivity (Wildman–Crippen MR) is 107 cm³/mol. The quantitative estimate of drug-likeness (QED) is 0.503. The van der Waals surface area contributed by atoms with Crippen molar-refractivity contribution < 1.29 is 23.5 Å². The molecule has 8 heteroatoms. The van der Waals surface area contributed by atoms with Crippen molar-refractivity contribution in [2.24, 2.45) is 0 Å². The first-order valence-electron chi connectivity index (χ1n) is 8.61. The average molecular weight is 414 g/mol. The monoisotopic (exact) mass is 413 g/mol. The van der Waals surface area contributed by atoms with E-state index in [1.54, 1.807) is 18.2 Å². The van der Waals surface area contributed by atoms with E-state index in [4.69, 9.17) is 20.8 Å². The summed E-state index contributed by atoms with van der Waals surface area (Å²) in [6, 6.07) is 11.8. The number of amides is 1. The number of benzene rings is 2. The van der Waals surface area contributed by atoms with Gasteiger partial charge in [-0.15, -0.1) is 0 Å². The summed E-state index contributed by atoms with van der Waals surface area (Å²) >= 11 is 5.85. The maximum absolute atomic E-state index is 12.3. The Labute approximate surface area is 170 Å². The number of nitrogens with one attached hydrogen (secondary N) is 1. The minimum absolute atomic E-state index is 0.145. The number of hydrogen-bond acceptors (Lipinski definition) is 6. The average Bonchev–Trinajstić information content (AvgIpc) is 2.68. The molecule has 1 heterocycles. The molecule has 0 aliphatic carbocycles. The van der Waals surface area contributed by atoms with E-state index in [1.165, 1.54) is 38.1 Å². The van der Waals surface area contributed by atoms with Gasteiger partial charge in [-0.1, -0.05) is 23.7 Å². The van der Waals surface area contributed by atoms with Gasteiger partial charge in [-0.3, -0.25) is 14.4 Å². The first-order valence-corrected chi connectivity index (χ1v) is 8.98. The molecule has 29 heavy (non-hydrogen) atoms.